The van der Waals surface area contributed by atoms with E-state index in [0.29, 0.717) is 33.0 Å². The van der Waals surface area contributed by atoms with Crippen LogP contribution in [-0.4, -0.2) is 65.1 Å². The Hall–Kier alpha value is -5.65. The van der Waals surface area contributed by atoms with Crippen LogP contribution in [0.5, 0.6) is 0 Å². The van der Waals surface area contributed by atoms with Crippen molar-refractivity contribution >= 4 is 44.5 Å². The number of carbonyl (C=O) groups excluding carboxylic acids is 2. The van der Waals surface area contributed by atoms with Crippen molar-refractivity contribution in [3.8, 4) is 0 Å². The SMILES string of the molecule is C[C@]1(O)C(c2ccc(CNC(=O)OCc3ccc([N+](=O)[O-])cc3)c3ccccc23)[C@@H](OS(C)(=O)=O)CN1C(=O)OCc1ccc([N+](=O)[O-])cc1. The lowest BCUT2D eigenvalue weighted by molar-refractivity contribution is -0.385. The lowest BCUT2D eigenvalue weighted by atomic mass is 9.84. The number of likely N-dealkylation sites (tertiary alicyclic amines) is 1. The van der Waals surface area contributed by atoms with E-state index in [9.17, 15) is 43.3 Å². The third kappa shape index (κ3) is 8.13. The summed E-state index contributed by atoms with van der Waals surface area (Å²) in [6, 6.07) is 21.3. The first-order valence-electron chi connectivity index (χ1n) is 15.1. The number of alkyl carbamates (subject to hydrolysis) is 1. The predicted molar refractivity (Wildman–Crippen MR) is 177 cm³/mol. The van der Waals surface area contributed by atoms with Crippen molar-refractivity contribution < 1.29 is 46.6 Å². The number of amides is 2. The van der Waals surface area contributed by atoms with Crippen molar-refractivity contribution in [2.24, 2.45) is 0 Å². The molecule has 4 aromatic rings. The fourth-order valence-corrected chi connectivity index (χ4v) is 6.50. The number of nitrogens with one attached hydrogen (secondary N) is 1. The summed E-state index contributed by atoms with van der Waals surface area (Å²) < 4.78 is 40.7. The predicted octanol–water partition coefficient (Wildman–Crippen LogP) is 4.87. The first kappa shape index (κ1) is 35.7. The van der Waals surface area contributed by atoms with Gasteiger partial charge in [0.1, 0.15) is 25.0 Å². The highest BCUT2D eigenvalue weighted by Gasteiger charge is 2.55. The van der Waals surface area contributed by atoms with Crippen LogP contribution >= 0.6 is 0 Å². The lowest BCUT2D eigenvalue weighted by Gasteiger charge is -2.34. The second-order valence-corrected chi connectivity index (χ2v) is 13.3. The maximum Gasteiger partial charge on any atom is 0.412 e. The Balaban J connectivity index is 1.34. The number of aliphatic hydroxyl groups is 1. The van der Waals surface area contributed by atoms with Crippen molar-refractivity contribution in [3.63, 3.8) is 0 Å². The number of carbonyl (C=O) groups is 2. The average molecular weight is 709 g/mol. The average Bonchev–Trinajstić information content (AvgIpc) is 3.33. The Morgan fingerprint density at radius 2 is 1.42 bits per heavy atom. The summed E-state index contributed by atoms with van der Waals surface area (Å²) in [4.78, 5) is 47.5. The van der Waals surface area contributed by atoms with Gasteiger partial charge >= 0.3 is 12.2 Å². The Morgan fingerprint density at radius 1 is 0.880 bits per heavy atom. The number of nitro groups is 2. The first-order valence-corrected chi connectivity index (χ1v) is 16.9. The number of hydrogen-bond donors (Lipinski definition) is 2. The zero-order valence-electron chi connectivity index (χ0n) is 26.8. The summed E-state index contributed by atoms with van der Waals surface area (Å²) in [6.45, 7) is 0.649. The van der Waals surface area contributed by atoms with Gasteiger partial charge in [-0.1, -0.05) is 36.4 Å². The highest BCUT2D eigenvalue weighted by atomic mass is 32.2. The molecule has 262 valence electrons. The molecular weight excluding hydrogens is 676 g/mol. The molecular formula is C33H32N4O12S. The number of nitrogens with zero attached hydrogens (tertiary/aromatic N) is 3. The smallest absolute Gasteiger partial charge is 0.412 e. The first-order chi connectivity index (χ1) is 23.6. The summed E-state index contributed by atoms with van der Waals surface area (Å²) in [5.74, 6) is -1.08. The fraction of sp³-hybridized carbons (Fsp3) is 0.273. The van der Waals surface area contributed by atoms with Gasteiger partial charge in [-0.15, -0.1) is 0 Å². The van der Waals surface area contributed by atoms with Crippen molar-refractivity contribution in [1.82, 2.24) is 10.2 Å². The van der Waals surface area contributed by atoms with Crippen LogP contribution in [0, 0.1) is 20.2 Å². The van der Waals surface area contributed by atoms with Gasteiger partial charge in [-0.3, -0.25) is 29.3 Å². The highest BCUT2D eigenvalue weighted by molar-refractivity contribution is 7.86. The third-order valence-corrected chi connectivity index (χ3v) is 8.82. The molecule has 0 radical (unpaired) electrons. The van der Waals surface area contributed by atoms with E-state index in [1.165, 1.54) is 55.5 Å². The molecule has 1 aliphatic rings. The normalized spacial score (nSPS) is 18.8. The minimum atomic E-state index is -4.06. The lowest BCUT2D eigenvalue weighted by Crippen LogP contribution is -2.48. The number of rotatable bonds is 11. The van der Waals surface area contributed by atoms with Crippen LogP contribution in [0.3, 0.4) is 0 Å². The molecule has 0 bridgehead atoms. The maximum atomic E-state index is 13.3. The molecule has 17 heteroatoms. The summed E-state index contributed by atoms with van der Waals surface area (Å²) in [6.07, 6.45) is -2.05. The summed E-state index contributed by atoms with van der Waals surface area (Å²) in [5, 5.41) is 37.6. The monoisotopic (exact) mass is 708 g/mol. The van der Waals surface area contributed by atoms with Crippen molar-refractivity contribution in [1.29, 1.82) is 0 Å². The van der Waals surface area contributed by atoms with Crippen molar-refractivity contribution in [2.45, 2.75) is 44.4 Å². The highest BCUT2D eigenvalue weighted by Crippen LogP contribution is 2.45. The molecule has 0 aliphatic carbocycles. The third-order valence-electron chi connectivity index (χ3n) is 8.22. The van der Waals surface area contributed by atoms with Crippen LogP contribution < -0.4 is 5.32 Å². The van der Waals surface area contributed by atoms with E-state index in [0.717, 1.165) is 11.2 Å². The summed E-state index contributed by atoms with van der Waals surface area (Å²) in [7, 11) is -4.06. The van der Waals surface area contributed by atoms with Crippen LogP contribution in [-0.2, 0) is 43.5 Å². The van der Waals surface area contributed by atoms with Crippen LogP contribution in [0.4, 0.5) is 21.0 Å². The van der Waals surface area contributed by atoms with Crippen molar-refractivity contribution in [2.75, 3.05) is 12.8 Å². The van der Waals surface area contributed by atoms with Gasteiger partial charge in [0.15, 0.2) is 0 Å². The largest absolute Gasteiger partial charge is 0.445 e. The minimum Gasteiger partial charge on any atom is -0.445 e. The second-order valence-electron chi connectivity index (χ2n) is 11.7. The molecule has 4 aromatic carbocycles. The van der Waals surface area contributed by atoms with Crippen LogP contribution in [0.25, 0.3) is 10.8 Å². The van der Waals surface area contributed by atoms with Gasteiger partial charge in [0.2, 0.25) is 0 Å². The van der Waals surface area contributed by atoms with E-state index in [-0.39, 0.29) is 37.7 Å². The van der Waals surface area contributed by atoms with Gasteiger partial charge in [0.25, 0.3) is 21.5 Å². The summed E-state index contributed by atoms with van der Waals surface area (Å²) >= 11 is 0. The number of ether oxygens (including phenoxy) is 2. The maximum absolute atomic E-state index is 13.3. The molecule has 1 aliphatic heterocycles. The molecule has 1 fully saturated rings. The van der Waals surface area contributed by atoms with Gasteiger partial charge in [-0.25, -0.2) is 9.59 Å². The minimum absolute atomic E-state index is 0.0330. The number of non-ortho nitro benzene ring substituents is 2. The molecule has 2 amide bonds. The van der Waals surface area contributed by atoms with Gasteiger partial charge in [-0.2, -0.15) is 8.42 Å². The van der Waals surface area contributed by atoms with Gasteiger partial charge in [-0.05, 0) is 64.2 Å². The van der Waals surface area contributed by atoms with Gasteiger partial charge in [0.05, 0.1) is 28.6 Å². The Bertz CT molecular complexity index is 2040. The molecule has 2 N–H and O–H groups in total. The Kier molecular flexibility index (Phi) is 10.3. The zero-order valence-corrected chi connectivity index (χ0v) is 27.6. The summed E-state index contributed by atoms with van der Waals surface area (Å²) in [5.41, 5.74) is -0.0998. The molecule has 0 spiro atoms. The Morgan fingerprint density at radius 3 is 1.96 bits per heavy atom. The van der Waals surface area contributed by atoms with E-state index in [2.05, 4.69) is 5.32 Å². The van der Waals surface area contributed by atoms with Crippen LogP contribution in [0.1, 0.15) is 35.1 Å². The molecule has 1 saturated heterocycles. The zero-order chi connectivity index (χ0) is 36.2. The van der Waals surface area contributed by atoms with Gasteiger partial charge in [0, 0.05) is 30.8 Å². The van der Waals surface area contributed by atoms with E-state index < -0.39 is 49.9 Å². The molecule has 50 heavy (non-hydrogen) atoms. The molecule has 0 saturated carbocycles. The number of fused-ring (bicyclic) bond motifs is 1. The van der Waals surface area contributed by atoms with Crippen molar-refractivity contribution in [3.05, 3.63) is 127 Å². The molecule has 1 unspecified atom stereocenters. The molecule has 5 rings (SSSR count). The van der Waals surface area contributed by atoms with E-state index >= 15 is 0 Å². The number of nitro benzene ring substituents is 2. The quantitative estimate of drug-likeness (QED) is 0.121. The fourth-order valence-electron chi connectivity index (χ4n) is 5.88. The topological polar surface area (TPSA) is 218 Å². The van der Waals surface area contributed by atoms with Gasteiger partial charge < -0.3 is 19.9 Å². The van der Waals surface area contributed by atoms with Crippen LogP contribution in [0.2, 0.25) is 0 Å². The standard InChI is InChI=1S/C33H32N4O12S/c1-33(40)30(29(49-50(2,45)46)18-35(33)32(39)48-20-22-9-14-25(15-10-22)37(43)44)28-16-11-23(26-5-3-4-6-27(26)28)17-34-31(38)47-19-21-7-12-24(13-8-21)36(41)42/h3-16,29-30,40H,17-20H2,1-2H3,(H,34,38)/t29-,30?,33-/m0/s1. The van der Waals surface area contributed by atoms with E-state index in [4.69, 9.17) is 13.7 Å². The van der Waals surface area contributed by atoms with E-state index in [1.807, 2.05) is 0 Å². The van der Waals surface area contributed by atoms with E-state index in [1.54, 1.807) is 36.4 Å². The Labute approximate surface area is 285 Å². The molecule has 3 atom stereocenters. The second kappa shape index (κ2) is 14.5. The van der Waals surface area contributed by atoms with Crippen LogP contribution in [0.15, 0.2) is 84.9 Å². The molecule has 0 aromatic heterocycles. The number of benzene rings is 4. The number of hydrogen-bond acceptors (Lipinski definition) is 12. The molecule has 1 heterocycles. The molecule has 16 nitrogen and oxygen atoms in total.